The van der Waals surface area contributed by atoms with Gasteiger partial charge in [-0.15, -0.1) is 11.3 Å². The van der Waals surface area contributed by atoms with Crippen LogP contribution in [-0.2, 0) is 0 Å². The van der Waals surface area contributed by atoms with E-state index >= 15 is 0 Å². The molecular formula is C84H54N2SSi. The van der Waals surface area contributed by atoms with Gasteiger partial charge in [-0.2, -0.15) is 0 Å². The molecule has 2 nitrogen and oxygen atoms in total. The molecule has 0 amide bonds. The van der Waals surface area contributed by atoms with Crippen molar-refractivity contribution in [2.45, 2.75) is 0 Å². The van der Waals surface area contributed by atoms with Crippen molar-refractivity contribution in [1.82, 2.24) is 9.13 Å². The highest BCUT2D eigenvalue weighted by Crippen LogP contribution is 2.42. The highest BCUT2D eigenvalue weighted by molar-refractivity contribution is 7.30. The molecular weight excluding hydrogens is 1100 g/mol. The number of benzene rings is 15. The lowest BCUT2D eigenvalue weighted by Crippen LogP contribution is -2.74. The summed E-state index contributed by atoms with van der Waals surface area (Å²) in [6, 6.07) is 123. The Balaban J connectivity index is 0.718. The first-order chi connectivity index (χ1) is 43.6. The molecule has 0 aliphatic heterocycles. The standard InChI is InChI=1S/C84H54N2SSi/c1-3-23-63(24-4-1)88(64-25-5-2-6-26-64,83-39-19-35-74-73-34-13-16-38-82(73)87-84(74)83)65-27-18-22-62(54-65)86-79-37-15-12-33-72(79)77-53-60(44-49-81(77)86)59-43-48-80-76(52-59)71-32-11-14-36-78(71)85(80)61-45-40-55(41-46-61)56-20-17-21-57(50-56)58-42-47-70-68-30-8-7-28-66(68)67-29-9-10-31-69(67)75(70)51-58/h1-54H. The second kappa shape index (κ2) is 20.1. The quantitative estimate of drug-likeness (QED) is 0.0774. The molecule has 410 valence electrons. The Bertz CT molecular complexity index is 5740. The highest BCUT2D eigenvalue weighted by atomic mass is 32.1. The predicted molar refractivity (Wildman–Crippen MR) is 380 cm³/mol. The minimum atomic E-state index is -2.97. The first-order valence-corrected chi connectivity index (χ1v) is 33.2. The van der Waals surface area contributed by atoms with E-state index in [4.69, 9.17) is 0 Å². The van der Waals surface area contributed by atoms with E-state index in [1.165, 1.54) is 150 Å². The summed E-state index contributed by atoms with van der Waals surface area (Å²) in [5, 5.41) is 20.8. The molecule has 18 rings (SSSR count). The Morgan fingerprint density at radius 1 is 0.216 bits per heavy atom. The summed E-state index contributed by atoms with van der Waals surface area (Å²) in [7, 11) is -2.97. The molecule has 0 atom stereocenters. The van der Waals surface area contributed by atoms with Gasteiger partial charge in [-0.1, -0.05) is 249 Å². The summed E-state index contributed by atoms with van der Waals surface area (Å²) in [6.45, 7) is 0. The predicted octanol–water partition coefficient (Wildman–Crippen LogP) is 20.1. The van der Waals surface area contributed by atoms with Crippen LogP contribution in [0.1, 0.15) is 0 Å². The first-order valence-electron chi connectivity index (χ1n) is 30.4. The van der Waals surface area contributed by atoms with Crippen molar-refractivity contribution in [3.05, 3.63) is 328 Å². The third kappa shape index (κ3) is 7.73. The third-order valence-electron chi connectivity index (χ3n) is 18.8. The Labute approximate surface area is 514 Å². The number of hydrogen-bond acceptors (Lipinski definition) is 1. The van der Waals surface area contributed by atoms with Gasteiger partial charge in [0.1, 0.15) is 0 Å². The van der Waals surface area contributed by atoms with Crippen LogP contribution in [0.3, 0.4) is 0 Å². The summed E-state index contributed by atoms with van der Waals surface area (Å²) < 4.78 is 7.62. The van der Waals surface area contributed by atoms with Crippen LogP contribution < -0.4 is 20.7 Å². The van der Waals surface area contributed by atoms with Crippen molar-refractivity contribution in [1.29, 1.82) is 0 Å². The van der Waals surface area contributed by atoms with Gasteiger partial charge in [-0.3, -0.25) is 0 Å². The normalized spacial score (nSPS) is 12.1. The smallest absolute Gasteiger partial charge is 0.181 e. The van der Waals surface area contributed by atoms with Crippen LogP contribution >= 0.6 is 11.3 Å². The molecule has 0 fully saturated rings. The lowest BCUT2D eigenvalue weighted by Gasteiger charge is -2.35. The van der Waals surface area contributed by atoms with Gasteiger partial charge in [0.2, 0.25) is 0 Å². The molecule has 0 aliphatic carbocycles. The molecule has 3 aromatic heterocycles. The number of hydrogen-bond donors (Lipinski definition) is 0. The van der Waals surface area contributed by atoms with Crippen molar-refractivity contribution in [2.75, 3.05) is 0 Å². The molecule has 0 spiro atoms. The van der Waals surface area contributed by atoms with Gasteiger partial charge in [0.15, 0.2) is 8.07 Å². The van der Waals surface area contributed by atoms with Crippen molar-refractivity contribution >= 4 is 136 Å². The Hall–Kier alpha value is -10.9. The maximum Gasteiger partial charge on any atom is 0.181 e. The van der Waals surface area contributed by atoms with Crippen molar-refractivity contribution in [2.24, 2.45) is 0 Å². The maximum atomic E-state index is 2.52. The summed E-state index contributed by atoms with van der Waals surface area (Å²) in [4.78, 5) is 0. The van der Waals surface area contributed by atoms with Crippen LogP contribution in [0.15, 0.2) is 328 Å². The number of aromatic nitrogens is 2. The van der Waals surface area contributed by atoms with Crippen LogP contribution in [0, 0.1) is 0 Å². The van der Waals surface area contributed by atoms with E-state index < -0.39 is 8.07 Å². The summed E-state index contributed by atoms with van der Waals surface area (Å²) in [5.41, 5.74) is 14.2. The molecule has 0 saturated carbocycles. The largest absolute Gasteiger partial charge is 0.309 e. The van der Waals surface area contributed by atoms with Gasteiger partial charge in [0.25, 0.3) is 0 Å². The molecule has 4 heteroatoms. The zero-order valence-electron chi connectivity index (χ0n) is 48.0. The summed E-state index contributed by atoms with van der Waals surface area (Å²) >= 11 is 1.93. The van der Waals surface area contributed by atoms with E-state index in [0.29, 0.717) is 0 Å². The van der Waals surface area contributed by atoms with Gasteiger partial charge >= 0.3 is 0 Å². The van der Waals surface area contributed by atoms with Crippen LogP contribution in [-0.4, -0.2) is 17.2 Å². The van der Waals surface area contributed by atoms with E-state index in [0.717, 1.165) is 11.4 Å². The zero-order valence-corrected chi connectivity index (χ0v) is 49.8. The molecule has 0 aliphatic rings. The van der Waals surface area contributed by atoms with Gasteiger partial charge in [-0.25, -0.2) is 0 Å². The topological polar surface area (TPSA) is 9.86 Å². The molecule has 88 heavy (non-hydrogen) atoms. The van der Waals surface area contributed by atoms with E-state index in [-0.39, 0.29) is 0 Å². The summed E-state index contributed by atoms with van der Waals surface area (Å²) in [6.07, 6.45) is 0. The number of rotatable bonds is 9. The molecule has 3 heterocycles. The first kappa shape index (κ1) is 50.4. The fraction of sp³-hybridized carbons (Fsp3) is 0. The second-order valence-electron chi connectivity index (χ2n) is 23.5. The van der Waals surface area contributed by atoms with Gasteiger partial charge in [-0.05, 0) is 165 Å². The zero-order chi connectivity index (χ0) is 57.9. The number of para-hydroxylation sites is 2. The Morgan fingerprint density at radius 3 is 1.24 bits per heavy atom. The van der Waals surface area contributed by atoms with E-state index in [1.54, 1.807) is 0 Å². The molecule has 18 aromatic rings. The number of nitrogens with zero attached hydrogens (tertiary/aromatic N) is 2. The number of fused-ring (bicyclic) bond motifs is 15. The van der Waals surface area contributed by atoms with Gasteiger partial charge in [0.05, 0.1) is 22.1 Å². The molecule has 0 radical (unpaired) electrons. The molecule has 0 saturated heterocycles. The molecule has 0 N–H and O–H groups in total. The van der Waals surface area contributed by atoms with E-state index in [2.05, 4.69) is 337 Å². The minimum Gasteiger partial charge on any atom is -0.309 e. The highest BCUT2D eigenvalue weighted by Gasteiger charge is 2.43. The SMILES string of the molecule is c1ccc([Si](c2ccccc2)(c2cccc(-n3c4ccccc4c4cc(-c5ccc6c(c5)c5ccccc5n6-c5ccc(-c6cccc(-c7ccc8c9ccccc9c9ccccc9c8c7)c6)cc5)ccc43)c2)c2cccc3c2sc2ccccc23)cc1. The van der Waals surface area contributed by atoms with E-state index in [1.807, 2.05) is 11.3 Å². The van der Waals surface area contributed by atoms with Crippen molar-refractivity contribution < 1.29 is 0 Å². The fourth-order valence-corrected chi connectivity index (χ4v) is 21.5. The average Bonchev–Trinajstić information content (AvgIpc) is 1.26. The number of thiophene rings is 1. The Kier molecular flexibility index (Phi) is 11.5. The van der Waals surface area contributed by atoms with Crippen LogP contribution in [0.2, 0.25) is 0 Å². The van der Waals surface area contributed by atoms with E-state index in [9.17, 15) is 0 Å². The second-order valence-corrected chi connectivity index (χ2v) is 28.3. The molecule has 15 aromatic carbocycles. The fourth-order valence-electron chi connectivity index (χ4n) is 14.9. The van der Waals surface area contributed by atoms with Crippen molar-refractivity contribution in [3.8, 4) is 44.8 Å². The van der Waals surface area contributed by atoms with Gasteiger partial charge < -0.3 is 9.13 Å². The third-order valence-corrected chi connectivity index (χ3v) is 25.0. The summed E-state index contributed by atoms with van der Waals surface area (Å²) in [5.74, 6) is 0. The van der Waals surface area contributed by atoms with Crippen LogP contribution in [0.25, 0.3) is 141 Å². The molecule has 0 bridgehead atoms. The van der Waals surface area contributed by atoms with Crippen LogP contribution in [0.4, 0.5) is 0 Å². The lowest BCUT2D eigenvalue weighted by molar-refractivity contribution is 1.18. The van der Waals surface area contributed by atoms with Crippen molar-refractivity contribution in [3.63, 3.8) is 0 Å². The van der Waals surface area contributed by atoms with Gasteiger partial charge in [0, 0.05) is 53.1 Å². The maximum absolute atomic E-state index is 2.97. The molecule has 0 unspecified atom stereocenters. The minimum absolute atomic E-state index is 1.13. The van der Waals surface area contributed by atoms with Crippen LogP contribution in [0.5, 0.6) is 0 Å². The average molecular weight is 1150 g/mol. The monoisotopic (exact) mass is 1150 g/mol. The Morgan fingerprint density at radius 2 is 0.625 bits per heavy atom. The lowest BCUT2D eigenvalue weighted by atomic mass is 9.91.